The number of carbonyl (C=O) groups is 2. The predicted molar refractivity (Wildman–Crippen MR) is 66.2 cm³/mol. The average molecular weight is 266 g/mol. The number of amides is 2. The molecular weight excluding hydrogens is 248 g/mol. The van der Waals surface area contributed by atoms with Crippen LogP contribution in [0.15, 0.2) is 4.52 Å². The van der Waals surface area contributed by atoms with Gasteiger partial charge in [-0.1, -0.05) is 12.1 Å². The van der Waals surface area contributed by atoms with Gasteiger partial charge in [0.15, 0.2) is 5.82 Å². The number of carbonyl (C=O) groups excluding carboxylic acids is 2. The Kier molecular flexibility index (Phi) is 4.13. The molecule has 1 aliphatic rings. The van der Waals surface area contributed by atoms with Crippen LogP contribution in [0.3, 0.4) is 0 Å². The molecular formula is C12H18N4O3. The molecule has 2 amide bonds. The molecule has 0 aromatic carbocycles. The molecule has 0 saturated carbocycles. The van der Waals surface area contributed by atoms with Gasteiger partial charge in [-0.2, -0.15) is 4.98 Å². The van der Waals surface area contributed by atoms with Crippen LogP contribution in [0.2, 0.25) is 0 Å². The van der Waals surface area contributed by atoms with Crippen LogP contribution < -0.4 is 5.32 Å². The molecule has 0 spiro atoms. The lowest BCUT2D eigenvalue weighted by Gasteiger charge is -2.34. The Hall–Kier alpha value is -1.92. The number of nitrogens with zero attached hydrogens (tertiary/aromatic N) is 3. The summed E-state index contributed by atoms with van der Waals surface area (Å²) in [6, 6.07) is -0.356. The Morgan fingerprint density at radius 1 is 1.58 bits per heavy atom. The average Bonchev–Trinajstić information content (AvgIpc) is 2.81. The van der Waals surface area contributed by atoms with Crippen LogP contribution in [-0.2, 0) is 16.0 Å². The molecule has 1 fully saturated rings. The van der Waals surface area contributed by atoms with E-state index in [0.717, 1.165) is 0 Å². The third kappa shape index (κ3) is 3.10. The summed E-state index contributed by atoms with van der Waals surface area (Å²) in [5, 5.41) is 6.45. The molecule has 1 unspecified atom stereocenters. The largest absolute Gasteiger partial charge is 0.353 e. The third-order valence-electron chi connectivity index (χ3n) is 3.16. The predicted octanol–water partition coefficient (Wildman–Crippen LogP) is 0.0476. The smallest absolute Gasteiger partial charge is 0.242 e. The van der Waals surface area contributed by atoms with Crippen molar-refractivity contribution >= 4 is 11.8 Å². The number of piperazine rings is 1. The summed E-state index contributed by atoms with van der Waals surface area (Å²) in [5.41, 5.74) is 0. The van der Waals surface area contributed by atoms with Crippen LogP contribution in [0.1, 0.15) is 31.5 Å². The van der Waals surface area contributed by atoms with Crippen molar-refractivity contribution in [2.45, 2.75) is 39.2 Å². The Morgan fingerprint density at radius 3 is 3.00 bits per heavy atom. The van der Waals surface area contributed by atoms with Gasteiger partial charge in [-0.15, -0.1) is 0 Å². The van der Waals surface area contributed by atoms with E-state index >= 15 is 0 Å². The molecule has 0 bridgehead atoms. The van der Waals surface area contributed by atoms with Gasteiger partial charge in [-0.3, -0.25) is 9.59 Å². The van der Waals surface area contributed by atoms with E-state index in [0.29, 0.717) is 37.6 Å². The fraction of sp³-hybridized carbons (Fsp3) is 0.667. The van der Waals surface area contributed by atoms with Crippen molar-refractivity contribution in [1.29, 1.82) is 0 Å². The lowest BCUT2D eigenvalue weighted by atomic mass is 10.1. The van der Waals surface area contributed by atoms with Crippen molar-refractivity contribution in [3.63, 3.8) is 0 Å². The van der Waals surface area contributed by atoms with Crippen LogP contribution in [0, 0.1) is 6.92 Å². The molecule has 1 N–H and O–H groups in total. The van der Waals surface area contributed by atoms with Gasteiger partial charge in [0.05, 0.1) is 0 Å². The highest BCUT2D eigenvalue weighted by atomic mass is 16.5. The van der Waals surface area contributed by atoms with Crippen LogP contribution >= 0.6 is 0 Å². The monoisotopic (exact) mass is 266 g/mol. The van der Waals surface area contributed by atoms with Crippen LogP contribution in [0.5, 0.6) is 0 Å². The molecule has 1 aromatic rings. The molecule has 0 aliphatic carbocycles. The van der Waals surface area contributed by atoms with Gasteiger partial charge >= 0.3 is 0 Å². The quantitative estimate of drug-likeness (QED) is 0.831. The highest BCUT2D eigenvalue weighted by molar-refractivity contribution is 5.88. The maximum Gasteiger partial charge on any atom is 0.242 e. The molecule has 7 heteroatoms. The highest BCUT2D eigenvalue weighted by Gasteiger charge is 2.31. The van der Waals surface area contributed by atoms with Crippen LogP contribution in [0.25, 0.3) is 0 Å². The van der Waals surface area contributed by atoms with Crippen LogP contribution in [0.4, 0.5) is 0 Å². The molecule has 2 rings (SSSR count). The maximum absolute atomic E-state index is 12.1. The summed E-state index contributed by atoms with van der Waals surface area (Å²) in [5.74, 6) is 0.903. The number of aromatic nitrogens is 2. The molecule has 19 heavy (non-hydrogen) atoms. The van der Waals surface area contributed by atoms with Crippen molar-refractivity contribution in [1.82, 2.24) is 20.4 Å². The van der Waals surface area contributed by atoms with E-state index in [1.807, 2.05) is 6.92 Å². The van der Waals surface area contributed by atoms with Gasteiger partial charge in [0.25, 0.3) is 0 Å². The summed E-state index contributed by atoms with van der Waals surface area (Å²) in [4.78, 5) is 29.5. The van der Waals surface area contributed by atoms with Gasteiger partial charge < -0.3 is 14.7 Å². The maximum atomic E-state index is 12.1. The first-order chi connectivity index (χ1) is 9.11. The molecule has 1 aromatic heterocycles. The molecule has 1 aliphatic heterocycles. The van der Waals surface area contributed by atoms with Crippen molar-refractivity contribution in [2.75, 3.05) is 13.1 Å². The van der Waals surface area contributed by atoms with Crippen molar-refractivity contribution in [2.24, 2.45) is 0 Å². The molecule has 2 heterocycles. The number of nitrogens with one attached hydrogen (secondary N) is 1. The molecule has 0 radical (unpaired) electrons. The standard InChI is InChI=1S/C12H18N4O3/c1-3-9-12(18)13-6-7-16(9)11(17)5-4-10-14-8(2)15-19-10/h9H,3-7H2,1-2H3,(H,13,18). The topological polar surface area (TPSA) is 88.3 Å². The molecule has 104 valence electrons. The first-order valence-electron chi connectivity index (χ1n) is 6.48. The Bertz CT molecular complexity index is 471. The number of hydrogen-bond acceptors (Lipinski definition) is 5. The SMILES string of the molecule is CCC1C(=O)NCCN1C(=O)CCc1nc(C)no1. The second kappa shape index (κ2) is 5.81. The van der Waals surface area contributed by atoms with Gasteiger partial charge in [-0.05, 0) is 13.3 Å². The molecule has 7 nitrogen and oxygen atoms in total. The highest BCUT2D eigenvalue weighted by Crippen LogP contribution is 2.11. The van der Waals surface area contributed by atoms with Crippen molar-refractivity contribution < 1.29 is 14.1 Å². The first-order valence-corrected chi connectivity index (χ1v) is 6.48. The second-order valence-electron chi connectivity index (χ2n) is 4.54. The zero-order chi connectivity index (χ0) is 13.8. The second-order valence-corrected chi connectivity index (χ2v) is 4.54. The van der Waals surface area contributed by atoms with Crippen LogP contribution in [-0.4, -0.2) is 46.0 Å². The van der Waals surface area contributed by atoms with Gasteiger partial charge in [0.1, 0.15) is 6.04 Å². The zero-order valence-corrected chi connectivity index (χ0v) is 11.2. The van der Waals surface area contributed by atoms with E-state index in [9.17, 15) is 9.59 Å². The fourth-order valence-electron chi connectivity index (χ4n) is 2.22. The summed E-state index contributed by atoms with van der Waals surface area (Å²) < 4.78 is 4.97. The fourth-order valence-corrected chi connectivity index (χ4v) is 2.22. The summed E-state index contributed by atoms with van der Waals surface area (Å²) in [6.45, 7) is 4.71. The minimum atomic E-state index is -0.356. The Labute approximate surface area is 111 Å². The number of hydrogen-bond donors (Lipinski definition) is 1. The van der Waals surface area contributed by atoms with Crippen molar-refractivity contribution in [3.05, 3.63) is 11.7 Å². The van der Waals surface area contributed by atoms with Gasteiger partial charge in [0.2, 0.25) is 17.7 Å². The van der Waals surface area contributed by atoms with E-state index < -0.39 is 0 Å². The van der Waals surface area contributed by atoms with E-state index in [-0.39, 0.29) is 24.3 Å². The van der Waals surface area contributed by atoms with Crippen molar-refractivity contribution in [3.8, 4) is 0 Å². The van der Waals surface area contributed by atoms with E-state index in [1.165, 1.54) is 0 Å². The summed E-state index contributed by atoms with van der Waals surface area (Å²) >= 11 is 0. The zero-order valence-electron chi connectivity index (χ0n) is 11.2. The Balaban J connectivity index is 1.93. The third-order valence-corrected chi connectivity index (χ3v) is 3.16. The van der Waals surface area contributed by atoms with E-state index in [4.69, 9.17) is 4.52 Å². The molecule has 1 atom stereocenters. The normalized spacial score (nSPS) is 19.4. The minimum absolute atomic E-state index is 0.0439. The lowest BCUT2D eigenvalue weighted by Crippen LogP contribution is -2.56. The van der Waals surface area contributed by atoms with E-state index in [2.05, 4.69) is 15.5 Å². The Morgan fingerprint density at radius 2 is 2.37 bits per heavy atom. The summed E-state index contributed by atoms with van der Waals surface area (Å²) in [7, 11) is 0. The summed E-state index contributed by atoms with van der Waals surface area (Å²) in [6.07, 6.45) is 1.32. The minimum Gasteiger partial charge on any atom is -0.353 e. The number of rotatable bonds is 4. The first kappa shape index (κ1) is 13.5. The van der Waals surface area contributed by atoms with E-state index in [1.54, 1.807) is 11.8 Å². The number of aryl methyl sites for hydroxylation is 2. The van der Waals surface area contributed by atoms with Gasteiger partial charge in [-0.25, -0.2) is 0 Å². The van der Waals surface area contributed by atoms with Gasteiger partial charge in [0, 0.05) is 25.9 Å². The lowest BCUT2D eigenvalue weighted by molar-refractivity contribution is -0.143. The molecule has 1 saturated heterocycles.